The lowest BCUT2D eigenvalue weighted by Gasteiger charge is -2.14. The lowest BCUT2D eigenvalue weighted by atomic mass is 9.90. The van der Waals surface area contributed by atoms with Crippen LogP contribution in [0.3, 0.4) is 0 Å². The zero-order valence-corrected chi connectivity index (χ0v) is 20.9. The molecule has 0 heteroatoms. The van der Waals surface area contributed by atoms with E-state index >= 15 is 0 Å². The Morgan fingerprint density at radius 1 is 0.237 bits per heavy atom. The number of fused-ring (bicyclic) bond motifs is 8. The quantitative estimate of drug-likeness (QED) is 0.170. The smallest absolute Gasteiger partial charge is 0.00268 e. The van der Waals surface area contributed by atoms with Crippen molar-refractivity contribution in [2.45, 2.75) is 0 Å². The first-order valence-corrected chi connectivity index (χ1v) is 13.2. The van der Waals surface area contributed by atoms with Crippen molar-refractivity contribution in [1.29, 1.82) is 0 Å². The molecule has 0 fully saturated rings. The zero-order chi connectivity index (χ0) is 25.1. The van der Waals surface area contributed by atoms with Gasteiger partial charge in [0, 0.05) is 0 Å². The van der Waals surface area contributed by atoms with Crippen LogP contribution >= 0.6 is 0 Å². The van der Waals surface area contributed by atoms with Crippen molar-refractivity contribution < 1.29 is 0 Å². The van der Waals surface area contributed by atoms with Gasteiger partial charge in [-0.3, -0.25) is 0 Å². The van der Waals surface area contributed by atoms with Gasteiger partial charge in [-0.1, -0.05) is 133 Å². The van der Waals surface area contributed by atoms with Crippen molar-refractivity contribution in [3.05, 3.63) is 146 Å². The largest absolute Gasteiger partial charge is 0.0616 e. The van der Waals surface area contributed by atoms with Crippen molar-refractivity contribution in [2.75, 3.05) is 0 Å². The van der Waals surface area contributed by atoms with Crippen LogP contribution < -0.4 is 0 Å². The van der Waals surface area contributed by atoms with Crippen molar-refractivity contribution in [3.63, 3.8) is 0 Å². The lowest BCUT2D eigenvalue weighted by Crippen LogP contribution is -1.87. The van der Waals surface area contributed by atoms with Crippen molar-refractivity contribution in [2.24, 2.45) is 0 Å². The molecule has 0 saturated carbocycles. The highest BCUT2D eigenvalue weighted by Gasteiger charge is 2.12. The first-order valence-electron chi connectivity index (χ1n) is 13.2. The number of rotatable bonds is 2. The van der Waals surface area contributed by atoms with Crippen LogP contribution in [0.15, 0.2) is 146 Å². The Morgan fingerprint density at radius 2 is 0.632 bits per heavy atom. The molecule has 0 aromatic heterocycles. The van der Waals surface area contributed by atoms with Crippen LogP contribution in [-0.4, -0.2) is 0 Å². The van der Waals surface area contributed by atoms with Gasteiger partial charge in [-0.15, -0.1) is 0 Å². The predicted molar refractivity (Wildman–Crippen MR) is 165 cm³/mol. The third-order valence-electron chi connectivity index (χ3n) is 8.02. The molecule has 0 radical (unpaired) electrons. The first kappa shape index (κ1) is 21.2. The Balaban J connectivity index is 1.31. The van der Waals surface area contributed by atoms with Gasteiger partial charge < -0.3 is 0 Å². The standard InChI is InChI=1S/C38H24/c1-3-11-30-28(9-1)23-29-10-2-4-12-31(29)38(30)26-19-17-25(18-20-26)27-21-22-36-34-15-6-5-13-32(34)33-14-7-8-16-35(33)37(36)24-27/h1-24H. The predicted octanol–water partition coefficient (Wildman–Crippen LogP) is 10.8. The summed E-state index contributed by atoms with van der Waals surface area (Å²) in [5.74, 6) is 0. The van der Waals surface area contributed by atoms with Gasteiger partial charge in [0.15, 0.2) is 0 Å². The molecular formula is C38H24. The van der Waals surface area contributed by atoms with Gasteiger partial charge in [-0.2, -0.15) is 0 Å². The highest BCUT2D eigenvalue weighted by atomic mass is 14.2. The SMILES string of the molecule is c1ccc2c(-c3ccc(-c4ccc5c6ccccc6c6ccccc6c5c4)cc3)c3ccccc3cc2c1. The number of hydrogen-bond acceptors (Lipinski definition) is 0. The summed E-state index contributed by atoms with van der Waals surface area (Å²) in [7, 11) is 0. The molecule has 0 amide bonds. The first-order chi connectivity index (χ1) is 18.8. The van der Waals surface area contributed by atoms with E-state index in [0.29, 0.717) is 0 Å². The lowest BCUT2D eigenvalue weighted by molar-refractivity contribution is 1.64. The Hall–Kier alpha value is -4.94. The van der Waals surface area contributed by atoms with Crippen LogP contribution in [0.2, 0.25) is 0 Å². The summed E-state index contributed by atoms with van der Waals surface area (Å²) >= 11 is 0. The Labute approximate surface area is 221 Å². The molecule has 0 spiro atoms. The van der Waals surface area contributed by atoms with E-state index in [4.69, 9.17) is 0 Å². The molecule has 0 aliphatic heterocycles. The second-order valence-corrected chi connectivity index (χ2v) is 10.1. The van der Waals surface area contributed by atoms with E-state index in [-0.39, 0.29) is 0 Å². The van der Waals surface area contributed by atoms with Gasteiger partial charge in [0.1, 0.15) is 0 Å². The van der Waals surface area contributed by atoms with E-state index in [1.807, 2.05) is 0 Å². The molecule has 8 rings (SSSR count). The van der Waals surface area contributed by atoms with E-state index in [9.17, 15) is 0 Å². The summed E-state index contributed by atoms with van der Waals surface area (Å²) in [5, 5.41) is 13.0. The van der Waals surface area contributed by atoms with E-state index in [2.05, 4.69) is 146 Å². The summed E-state index contributed by atoms with van der Waals surface area (Å²) < 4.78 is 0. The fraction of sp³-hybridized carbons (Fsp3) is 0. The van der Waals surface area contributed by atoms with Crippen LogP contribution in [0, 0.1) is 0 Å². The van der Waals surface area contributed by atoms with Crippen molar-refractivity contribution in [3.8, 4) is 22.3 Å². The molecule has 0 saturated heterocycles. The second-order valence-electron chi connectivity index (χ2n) is 10.1. The maximum Gasteiger partial charge on any atom is -0.00268 e. The molecule has 0 nitrogen and oxygen atoms in total. The minimum absolute atomic E-state index is 1.23. The van der Waals surface area contributed by atoms with Crippen molar-refractivity contribution >= 4 is 53.9 Å². The second kappa shape index (κ2) is 8.30. The summed E-state index contributed by atoms with van der Waals surface area (Å²) in [4.78, 5) is 0. The summed E-state index contributed by atoms with van der Waals surface area (Å²) in [6, 6.07) is 53.3. The summed E-state index contributed by atoms with van der Waals surface area (Å²) in [6.07, 6.45) is 0. The van der Waals surface area contributed by atoms with E-state index in [0.717, 1.165) is 0 Å². The van der Waals surface area contributed by atoms with Gasteiger partial charge in [0.2, 0.25) is 0 Å². The Kier molecular flexibility index (Phi) is 4.62. The minimum Gasteiger partial charge on any atom is -0.0616 e. The summed E-state index contributed by atoms with van der Waals surface area (Å²) in [6.45, 7) is 0. The molecule has 0 N–H and O–H groups in total. The average molecular weight is 481 g/mol. The Morgan fingerprint density at radius 3 is 1.18 bits per heavy atom. The van der Waals surface area contributed by atoms with Gasteiger partial charge in [0.05, 0.1) is 0 Å². The van der Waals surface area contributed by atoms with E-state index in [1.54, 1.807) is 0 Å². The topological polar surface area (TPSA) is 0 Å². The average Bonchev–Trinajstić information content (AvgIpc) is 3.00. The normalized spacial score (nSPS) is 11.7. The molecule has 0 atom stereocenters. The third kappa shape index (κ3) is 3.17. The van der Waals surface area contributed by atoms with Crippen LogP contribution in [-0.2, 0) is 0 Å². The highest BCUT2D eigenvalue weighted by Crippen LogP contribution is 2.39. The highest BCUT2D eigenvalue weighted by molar-refractivity contribution is 6.25. The van der Waals surface area contributed by atoms with Crippen LogP contribution in [0.5, 0.6) is 0 Å². The van der Waals surface area contributed by atoms with Crippen LogP contribution in [0.1, 0.15) is 0 Å². The molecule has 0 aliphatic carbocycles. The molecular weight excluding hydrogens is 456 g/mol. The van der Waals surface area contributed by atoms with Crippen molar-refractivity contribution in [1.82, 2.24) is 0 Å². The van der Waals surface area contributed by atoms with Gasteiger partial charge in [0.25, 0.3) is 0 Å². The number of benzene rings is 8. The fourth-order valence-corrected chi connectivity index (χ4v) is 6.24. The molecule has 0 aliphatic rings. The molecule has 8 aromatic rings. The maximum atomic E-state index is 2.37. The maximum absolute atomic E-state index is 2.37. The molecule has 0 bridgehead atoms. The van der Waals surface area contributed by atoms with Gasteiger partial charge in [-0.05, 0) is 88.2 Å². The number of hydrogen-bond donors (Lipinski definition) is 0. The van der Waals surface area contributed by atoms with Crippen LogP contribution in [0.25, 0.3) is 76.1 Å². The van der Waals surface area contributed by atoms with E-state index in [1.165, 1.54) is 76.1 Å². The minimum atomic E-state index is 1.23. The third-order valence-corrected chi connectivity index (χ3v) is 8.02. The molecule has 8 aromatic carbocycles. The fourth-order valence-electron chi connectivity index (χ4n) is 6.24. The van der Waals surface area contributed by atoms with Gasteiger partial charge >= 0.3 is 0 Å². The molecule has 176 valence electrons. The van der Waals surface area contributed by atoms with Crippen LogP contribution in [0.4, 0.5) is 0 Å². The Bertz CT molecular complexity index is 2080. The monoisotopic (exact) mass is 480 g/mol. The summed E-state index contributed by atoms with van der Waals surface area (Å²) in [5.41, 5.74) is 5.03. The zero-order valence-electron chi connectivity index (χ0n) is 20.9. The molecule has 0 unspecified atom stereocenters. The van der Waals surface area contributed by atoms with E-state index < -0.39 is 0 Å². The molecule has 0 heterocycles. The molecule has 38 heavy (non-hydrogen) atoms. The van der Waals surface area contributed by atoms with Gasteiger partial charge in [-0.25, -0.2) is 0 Å².